The van der Waals surface area contributed by atoms with Gasteiger partial charge in [0.25, 0.3) is 11.8 Å². The average Bonchev–Trinajstić information content (AvgIpc) is 3.61. The Morgan fingerprint density at radius 1 is 1.16 bits per heavy atom. The molecular formula is C29H30N6O3. The maximum Gasteiger partial charge on any atom is 0.266 e. The summed E-state index contributed by atoms with van der Waals surface area (Å²) in [5.74, 6) is 0.733. The number of hydrogen-bond donors (Lipinski definition) is 1. The predicted octanol–water partition coefficient (Wildman–Crippen LogP) is 5.18. The second-order valence-corrected chi connectivity index (χ2v) is 9.09. The summed E-state index contributed by atoms with van der Waals surface area (Å²) in [4.78, 5) is 23.7. The van der Waals surface area contributed by atoms with E-state index < -0.39 is 0 Å². The molecule has 0 saturated carbocycles. The van der Waals surface area contributed by atoms with E-state index in [0.29, 0.717) is 35.1 Å². The van der Waals surface area contributed by atoms with E-state index in [9.17, 15) is 4.79 Å². The molecule has 0 aliphatic heterocycles. The zero-order chi connectivity index (χ0) is 27.1. The highest BCUT2D eigenvalue weighted by molar-refractivity contribution is 5.96. The van der Waals surface area contributed by atoms with Crippen molar-refractivity contribution in [2.24, 2.45) is 5.73 Å². The highest BCUT2D eigenvalue weighted by atomic mass is 16.4. The number of amides is 1. The molecule has 1 atom stereocenters. The van der Waals surface area contributed by atoms with E-state index in [1.54, 1.807) is 43.2 Å². The van der Waals surface area contributed by atoms with Crippen molar-refractivity contribution in [3.63, 3.8) is 0 Å². The van der Waals surface area contributed by atoms with Gasteiger partial charge in [-0.25, -0.2) is 9.97 Å². The summed E-state index contributed by atoms with van der Waals surface area (Å²) in [6, 6.07) is 13.4. The molecule has 0 aliphatic carbocycles. The number of hydrogen-bond acceptors (Lipinski definition) is 8. The number of oxazole rings is 1. The molecule has 0 fully saturated rings. The molecule has 0 saturated heterocycles. The van der Waals surface area contributed by atoms with Crippen LogP contribution in [0.25, 0.3) is 23.2 Å². The lowest BCUT2D eigenvalue weighted by Crippen LogP contribution is -2.28. The van der Waals surface area contributed by atoms with Gasteiger partial charge in [0, 0.05) is 30.8 Å². The standard InChI is InChI=1S/C29H30N6O3/c1-19(9-8-10-21(3)30)18-35(4)29(36)23-16-24(27-31-13-14-37-27)32-25(17-23)28-34-33-26(38-28)20(2)15-22-11-6-5-7-12-22/h5-14,16-17,20H,1,15,18,30H2,2-4H3/b9-8-,21-10-/t20-/m0/s1. The highest BCUT2D eigenvalue weighted by Crippen LogP contribution is 2.27. The average molecular weight is 511 g/mol. The molecule has 0 radical (unpaired) electrons. The Morgan fingerprint density at radius 3 is 2.58 bits per heavy atom. The van der Waals surface area contributed by atoms with Crippen LogP contribution in [0.5, 0.6) is 0 Å². The lowest BCUT2D eigenvalue weighted by molar-refractivity contribution is 0.0808. The topological polar surface area (TPSA) is 124 Å². The van der Waals surface area contributed by atoms with E-state index in [1.807, 2.05) is 31.2 Å². The maximum atomic E-state index is 13.4. The Morgan fingerprint density at radius 2 is 1.89 bits per heavy atom. The third-order valence-electron chi connectivity index (χ3n) is 5.67. The molecule has 1 aromatic carbocycles. The van der Waals surface area contributed by atoms with Gasteiger partial charge < -0.3 is 19.5 Å². The van der Waals surface area contributed by atoms with Gasteiger partial charge in [0.05, 0.1) is 6.20 Å². The fraction of sp³-hybridized carbons (Fsp3) is 0.207. The minimum atomic E-state index is -0.237. The fourth-order valence-electron chi connectivity index (χ4n) is 3.80. The first-order valence-electron chi connectivity index (χ1n) is 12.1. The van der Waals surface area contributed by atoms with Crippen LogP contribution in [-0.4, -0.2) is 44.6 Å². The molecule has 0 unspecified atom stereocenters. The molecular weight excluding hydrogens is 480 g/mol. The molecule has 38 heavy (non-hydrogen) atoms. The number of nitrogens with two attached hydrogens (primary N) is 1. The third-order valence-corrected chi connectivity index (χ3v) is 5.67. The van der Waals surface area contributed by atoms with Crippen molar-refractivity contribution in [2.75, 3.05) is 13.6 Å². The Labute approximate surface area is 221 Å². The summed E-state index contributed by atoms with van der Waals surface area (Å²) < 4.78 is 11.4. The number of likely N-dealkylation sites (N-methyl/N-ethyl adjacent to an activating group) is 1. The molecule has 9 nitrogen and oxygen atoms in total. The van der Waals surface area contributed by atoms with E-state index >= 15 is 0 Å². The van der Waals surface area contributed by atoms with Crippen LogP contribution in [0.3, 0.4) is 0 Å². The Balaban J connectivity index is 1.59. The Hall–Kier alpha value is -4.79. The van der Waals surface area contributed by atoms with Crippen molar-refractivity contribution >= 4 is 5.91 Å². The summed E-state index contributed by atoms with van der Waals surface area (Å²) in [6.45, 7) is 8.16. The summed E-state index contributed by atoms with van der Waals surface area (Å²) in [7, 11) is 1.70. The zero-order valence-electron chi connectivity index (χ0n) is 21.7. The number of aromatic nitrogens is 4. The number of pyridine rings is 1. The fourth-order valence-corrected chi connectivity index (χ4v) is 3.80. The van der Waals surface area contributed by atoms with Crippen molar-refractivity contribution in [2.45, 2.75) is 26.2 Å². The second-order valence-electron chi connectivity index (χ2n) is 9.09. The maximum absolute atomic E-state index is 13.4. The van der Waals surface area contributed by atoms with Gasteiger partial charge in [-0.1, -0.05) is 56.0 Å². The van der Waals surface area contributed by atoms with Crippen LogP contribution >= 0.6 is 0 Å². The van der Waals surface area contributed by atoms with Crippen LogP contribution in [-0.2, 0) is 6.42 Å². The molecule has 0 bridgehead atoms. The Bertz CT molecular complexity index is 1450. The van der Waals surface area contributed by atoms with E-state index in [4.69, 9.17) is 14.6 Å². The molecule has 2 N–H and O–H groups in total. The van der Waals surface area contributed by atoms with Crippen molar-refractivity contribution in [1.82, 2.24) is 25.1 Å². The van der Waals surface area contributed by atoms with Gasteiger partial charge in [0.1, 0.15) is 17.7 Å². The number of rotatable bonds is 10. The quantitative estimate of drug-likeness (QED) is 0.289. The summed E-state index contributed by atoms with van der Waals surface area (Å²) in [5, 5.41) is 8.47. The largest absolute Gasteiger partial charge is 0.443 e. The van der Waals surface area contributed by atoms with Crippen LogP contribution in [0.1, 0.15) is 41.6 Å². The number of carbonyl (C=O) groups excluding carboxylic acids is 1. The van der Waals surface area contributed by atoms with Crippen molar-refractivity contribution in [3.8, 4) is 23.2 Å². The number of carbonyl (C=O) groups is 1. The summed E-state index contributed by atoms with van der Waals surface area (Å²) in [5.41, 5.74) is 9.35. The van der Waals surface area contributed by atoms with Crippen LogP contribution in [0.15, 0.2) is 99.8 Å². The van der Waals surface area contributed by atoms with E-state index in [-0.39, 0.29) is 23.6 Å². The third kappa shape index (κ3) is 6.70. The molecule has 4 rings (SSSR count). The van der Waals surface area contributed by atoms with Crippen LogP contribution < -0.4 is 5.73 Å². The first kappa shape index (κ1) is 26.3. The van der Waals surface area contributed by atoms with Crippen molar-refractivity contribution in [1.29, 1.82) is 0 Å². The van der Waals surface area contributed by atoms with Crippen molar-refractivity contribution < 1.29 is 13.6 Å². The van der Waals surface area contributed by atoms with Gasteiger partial charge in [0.2, 0.25) is 11.8 Å². The smallest absolute Gasteiger partial charge is 0.266 e. The van der Waals surface area contributed by atoms with Crippen LogP contribution in [0.4, 0.5) is 0 Å². The SMILES string of the molecule is C=C(/C=C\C=C(\C)N)CN(C)C(=O)c1cc(-c2ncco2)nc(-c2nnc([C@@H](C)Cc3ccccc3)o2)c1. The molecule has 4 aromatic rings. The molecule has 3 heterocycles. The number of nitrogens with zero attached hydrogens (tertiary/aromatic N) is 5. The number of allylic oxidation sites excluding steroid dienone is 3. The van der Waals surface area contributed by atoms with Gasteiger partial charge in [0.15, 0.2) is 0 Å². The van der Waals surface area contributed by atoms with Gasteiger partial charge in [-0.2, -0.15) is 0 Å². The molecule has 0 spiro atoms. The molecule has 194 valence electrons. The highest BCUT2D eigenvalue weighted by Gasteiger charge is 2.21. The monoisotopic (exact) mass is 510 g/mol. The Kier molecular flexibility index (Phi) is 8.27. The second kappa shape index (κ2) is 12.0. The van der Waals surface area contributed by atoms with Crippen molar-refractivity contribution in [3.05, 3.63) is 108 Å². The minimum Gasteiger partial charge on any atom is -0.443 e. The normalized spacial score (nSPS) is 12.6. The minimum absolute atomic E-state index is 0.00206. The molecule has 3 aromatic heterocycles. The van der Waals surface area contributed by atoms with Gasteiger partial charge in [-0.05, 0) is 42.7 Å². The van der Waals surface area contributed by atoms with Crippen LogP contribution in [0, 0.1) is 0 Å². The van der Waals surface area contributed by atoms with Gasteiger partial charge >= 0.3 is 0 Å². The summed E-state index contributed by atoms with van der Waals surface area (Å²) in [6.07, 6.45) is 9.09. The first-order valence-corrected chi connectivity index (χ1v) is 12.1. The van der Waals surface area contributed by atoms with Crippen LogP contribution in [0.2, 0.25) is 0 Å². The zero-order valence-corrected chi connectivity index (χ0v) is 21.7. The van der Waals surface area contributed by atoms with Gasteiger partial charge in [-0.15, -0.1) is 10.2 Å². The predicted molar refractivity (Wildman–Crippen MR) is 145 cm³/mol. The summed E-state index contributed by atoms with van der Waals surface area (Å²) >= 11 is 0. The molecule has 1 amide bonds. The lowest BCUT2D eigenvalue weighted by Gasteiger charge is -2.18. The van der Waals surface area contributed by atoms with E-state index in [1.165, 1.54) is 18.0 Å². The molecule has 0 aliphatic rings. The molecule has 9 heteroatoms. The van der Waals surface area contributed by atoms with E-state index in [2.05, 4.69) is 38.9 Å². The van der Waals surface area contributed by atoms with E-state index in [0.717, 1.165) is 12.0 Å². The first-order chi connectivity index (χ1) is 18.3. The number of benzene rings is 1. The van der Waals surface area contributed by atoms with Gasteiger partial charge in [-0.3, -0.25) is 4.79 Å². The lowest BCUT2D eigenvalue weighted by atomic mass is 10.0.